The maximum Gasteiger partial charge on any atom is 0.332 e. The van der Waals surface area contributed by atoms with Gasteiger partial charge in [-0.1, -0.05) is 68.4 Å². The summed E-state index contributed by atoms with van der Waals surface area (Å²) in [6.45, 7) is 5.47. The molecule has 43 heavy (non-hydrogen) atoms. The van der Waals surface area contributed by atoms with Gasteiger partial charge in [0, 0.05) is 23.0 Å². The number of rotatable bonds is 7. The van der Waals surface area contributed by atoms with Crippen LogP contribution in [0.1, 0.15) is 65.5 Å². The molecule has 10 nitrogen and oxygen atoms in total. The maximum absolute atomic E-state index is 14.3. The summed E-state index contributed by atoms with van der Waals surface area (Å²) in [5.41, 5.74) is 4.70. The number of amides is 4. The van der Waals surface area contributed by atoms with Crippen molar-refractivity contribution in [1.29, 1.82) is 0 Å². The van der Waals surface area contributed by atoms with Gasteiger partial charge in [0.25, 0.3) is 11.8 Å². The molecule has 1 aromatic heterocycles. The van der Waals surface area contributed by atoms with Crippen LogP contribution < -0.4 is 10.2 Å². The summed E-state index contributed by atoms with van der Waals surface area (Å²) >= 11 is 0. The third-order valence-electron chi connectivity index (χ3n) is 8.39. The summed E-state index contributed by atoms with van der Waals surface area (Å²) in [5, 5.41) is 22.6. The second-order valence-corrected chi connectivity index (χ2v) is 11.4. The van der Waals surface area contributed by atoms with Crippen LogP contribution in [0.5, 0.6) is 0 Å². The number of carboxylic acids is 1. The highest BCUT2D eigenvalue weighted by Crippen LogP contribution is 2.45. The van der Waals surface area contributed by atoms with E-state index in [0.717, 1.165) is 38.2 Å². The SMILES string of the molecule is CC(C)c1ccc([C@H]2c3[nH]c4ccccc4c3C[C@H]3C(=O)N(c4ccccc4C(=O)N[C@H](C(=O)O)[C@H](C)O)C(=O)N23)cc1. The molecular weight excluding hydrogens is 548 g/mol. The quantitative estimate of drug-likeness (QED) is 0.240. The Morgan fingerprint density at radius 3 is 2.30 bits per heavy atom. The molecule has 0 saturated carbocycles. The summed E-state index contributed by atoms with van der Waals surface area (Å²) < 4.78 is 0. The number of carboxylic acid groups (broad SMARTS) is 1. The molecule has 6 rings (SSSR count). The molecule has 3 aromatic carbocycles. The topological polar surface area (TPSA) is 143 Å². The zero-order valence-corrected chi connectivity index (χ0v) is 23.9. The molecule has 0 aliphatic carbocycles. The zero-order chi connectivity index (χ0) is 30.6. The third kappa shape index (κ3) is 4.64. The average Bonchev–Trinajstić information content (AvgIpc) is 3.48. The number of H-pyrrole nitrogens is 1. The number of aliphatic hydroxyl groups excluding tert-OH is 1. The third-order valence-corrected chi connectivity index (χ3v) is 8.39. The van der Waals surface area contributed by atoms with Gasteiger partial charge < -0.3 is 20.5 Å². The van der Waals surface area contributed by atoms with E-state index >= 15 is 0 Å². The van der Waals surface area contributed by atoms with Gasteiger partial charge in [0.15, 0.2) is 6.04 Å². The number of imide groups is 1. The van der Waals surface area contributed by atoms with Crippen LogP contribution in [0.4, 0.5) is 10.5 Å². The molecule has 2 aliphatic heterocycles. The van der Waals surface area contributed by atoms with E-state index in [0.29, 0.717) is 12.3 Å². The molecule has 0 spiro atoms. The van der Waals surface area contributed by atoms with Gasteiger partial charge in [0.2, 0.25) is 0 Å². The highest BCUT2D eigenvalue weighted by molar-refractivity contribution is 6.24. The van der Waals surface area contributed by atoms with Crippen molar-refractivity contribution >= 4 is 40.4 Å². The number of anilines is 1. The lowest BCUT2D eigenvalue weighted by Gasteiger charge is -2.36. The fourth-order valence-electron chi connectivity index (χ4n) is 6.17. The first-order valence-corrected chi connectivity index (χ1v) is 14.2. The van der Waals surface area contributed by atoms with Crippen molar-refractivity contribution in [2.24, 2.45) is 0 Å². The van der Waals surface area contributed by atoms with Gasteiger partial charge in [-0.3, -0.25) is 14.5 Å². The van der Waals surface area contributed by atoms with Crippen LogP contribution >= 0.6 is 0 Å². The summed E-state index contributed by atoms with van der Waals surface area (Å²) in [6.07, 6.45) is -1.08. The van der Waals surface area contributed by atoms with Crippen molar-refractivity contribution in [3.05, 3.63) is 101 Å². The fraction of sp³-hybridized carbons (Fsp3) is 0.273. The van der Waals surface area contributed by atoms with E-state index in [4.69, 9.17) is 0 Å². The molecule has 0 radical (unpaired) electrons. The Kier molecular flexibility index (Phi) is 7.01. The Morgan fingerprint density at radius 2 is 1.63 bits per heavy atom. The van der Waals surface area contributed by atoms with Gasteiger partial charge in [-0.15, -0.1) is 0 Å². The van der Waals surface area contributed by atoms with E-state index in [1.54, 1.807) is 17.0 Å². The molecule has 10 heteroatoms. The van der Waals surface area contributed by atoms with Crippen LogP contribution in [0.25, 0.3) is 10.9 Å². The Balaban J connectivity index is 1.44. The molecule has 1 saturated heterocycles. The molecule has 4 amide bonds. The van der Waals surface area contributed by atoms with Gasteiger partial charge in [-0.2, -0.15) is 0 Å². The number of hydrogen-bond donors (Lipinski definition) is 4. The monoisotopic (exact) mass is 580 g/mol. The number of carbonyl (C=O) groups is 4. The molecule has 220 valence electrons. The van der Waals surface area contributed by atoms with Crippen LogP contribution in [0.3, 0.4) is 0 Å². The van der Waals surface area contributed by atoms with Crippen molar-refractivity contribution in [2.75, 3.05) is 4.90 Å². The first-order valence-electron chi connectivity index (χ1n) is 14.2. The first-order chi connectivity index (χ1) is 20.6. The minimum Gasteiger partial charge on any atom is -0.480 e. The number of aliphatic hydroxyl groups is 1. The largest absolute Gasteiger partial charge is 0.480 e. The number of aromatic nitrogens is 1. The van der Waals surface area contributed by atoms with Crippen molar-refractivity contribution in [2.45, 2.75) is 57.3 Å². The van der Waals surface area contributed by atoms with Gasteiger partial charge in [0.05, 0.1) is 17.4 Å². The number of nitrogens with zero attached hydrogens (tertiary/aromatic N) is 2. The first kappa shape index (κ1) is 28.2. The number of hydrogen-bond acceptors (Lipinski definition) is 5. The van der Waals surface area contributed by atoms with Crippen molar-refractivity contribution in [1.82, 2.24) is 15.2 Å². The van der Waals surface area contributed by atoms with E-state index in [-0.39, 0.29) is 11.3 Å². The van der Waals surface area contributed by atoms with Crippen LogP contribution in [-0.4, -0.2) is 62.1 Å². The van der Waals surface area contributed by atoms with Crippen molar-refractivity contribution < 1.29 is 29.4 Å². The lowest BCUT2D eigenvalue weighted by atomic mass is 9.88. The van der Waals surface area contributed by atoms with Crippen LogP contribution in [0, 0.1) is 0 Å². The molecule has 4 N–H and O–H groups in total. The highest BCUT2D eigenvalue weighted by Gasteiger charge is 2.53. The highest BCUT2D eigenvalue weighted by atomic mass is 16.4. The Morgan fingerprint density at radius 1 is 0.953 bits per heavy atom. The lowest BCUT2D eigenvalue weighted by molar-refractivity contribution is -0.141. The maximum atomic E-state index is 14.3. The fourth-order valence-corrected chi connectivity index (χ4v) is 6.17. The van der Waals surface area contributed by atoms with E-state index in [9.17, 15) is 29.4 Å². The number of nitrogens with one attached hydrogen (secondary N) is 2. The predicted molar refractivity (Wildman–Crippen MR) is 160 cm³/mol. The number of carbonyl (C=O) groups excluding carboxylic acids is 3. The van der Waals surface area contributed by atoms with Crippen LogP contribution in [0.15, 0.2) is 72.8 Å². The van der Waals surface area contributed by atoms with Crippen molar-refractivity contribution in [3.8, 4) is 0 Å². The van der Waals surface area contributed by atoms with Gasteiger partial charge in [0.1, 0.15) is 12.1 Å². The molecule has 4 aromatic rings. The number of aromatic amines is 1. The predicted octanol–water partition coefficient (Wildman–Crippen LogP) is 4.34. The van der Waals surface area contributed by atoms with E-state index < -0.39 is 48.0 Å². The standard InChI is InChI=1S/C33H32N4O6/c1-17(2)19-12-14-20(15-13-19)29-28-23(21-8-4-6-10-24(21)34-28)16-26-31(40)37(33(43)36(26)29)25-11-7-5-9-22(25)30(39)35-27(18(3)38)32(41)42/h4-15,17-18,26-27,29,34,38H,16H2,1-3H3,(H,35,39)(H,41,42)/t18-,26-,27-,29-/m0/s1. The number of para-hydroxylation sites is 2. The van der Waals surface area contributed by atoms with Crippen LogP contribution in [0.2, 0.25) is 0 Å². The average molecular weight is 581 g/mol. The Hall–Kier alpha value is -4.96. The molecule has 0 unspecified atom stereocenters. The molecular formula is C33H32N4O6. The Labute approximate surface area is 247 Å². The molecule has 4 atom stereocenters. The van der Waals surface area contributed by atoms with Gasteiger partial charge in [-0.25, -0.2) is 14.5 Å². The van der Waals surface area contributed by atoms with Crippen LogP contribution in [-0.2, 0) is 16.0 Å². The number of aliphatic carboxylic acids is 1. The Bertz CT molecular complexity index is 1760. The lowest BCUT2D eigenvalue weighted by Crippen LogP contribution is -2.48. The van der Waals surface area contributed by atoms with Gasteiger partial charge in [-0.05, 0) is 47.7 Å². The minimum atomic E-state index is -1.58. The molecule has 3 heterocycles. The number of urea groups is 1. The second-order valence-electron chi connectivity index (χ2n) is 11.4. The number of benzene rings is 3. The normalized spacial score (nSPS) is 19.4. The molecule has 2 aliphatic rings. The summed E-state index contributed by atoms with van der Waals surface area (Å²) in [6, 6.07) is 18.4. The summed E-state index contributed by atoms with van der Waals surface area (Å²) in [5.74, 6) is -2.40. The molecule has 1 fully saturated rings. The van der Waals surface area contributed by atoms with E-state index in [1.807, 2.05) is 48.5 Å². The number of fused-ring (bicyclic) bond motifs is 4. The minimum absolute atomic E-state index is 0.0431. The van der Waals surface area contributed by atoms with E-state index in [2.05, 4.69) is 24.1 Å². The molecule has 0 bridgehead atoms. The van der Waals surface area contributed by atoms with Crippen molar-refractivity contribution in [3.63, 3.8) is 0 Å². The van der Waals surface area contributed by atoms with Gasteiger partial charge >= 0.3 is 12.0 Å². The zero-order valence-electron chi connectivity index (χ0n) is 23.9. The second kappa shape index (κ2) is 10.7. The van der Waals surface area contributed by atoms with E-state index in [1.165, 1.54) is 19.1 Å². The summed E-state index contributed by atoms with van der Waals surface area (Å²) in [7, 11) is 0. The smallest absolute Gasteiger partial charge is 0.332 e. The summed E-state index contributed by atoms with van der Waals surface area (Å²) in [4.78, 5) is 59.4.